The summed E-state index contributed by atoms with van der Waals surface area (Å²) < 4.78 is 6.32. The van der Waals surface area contributed by atoms with Crippen molar-refractivity contribution in [1.29, 1.82) is 0 Å². The highest BCUT2D eigenvalue weighted by Gasteiger charge is 2.18. The van der Waals surface area contributed by atoms with Crippen LogP contribution >= 0.6 is 0 Å². The number of hydrogen-bond acceptors (Lipinski definition) is 4. The molecule has 0 amide bonds. The molecule has 0 unspecified atom stereocenters. The highest BCUT2D eigenvalue weighted by molar-refractivity contribution is 5.87. The molecule has 1 aromatic heterocycles. The normalized spacial score (nSPS) is 14.5. The summed E-state index contributed by atoms with van der Waals surface area (Å²) in [5.74, 6) is 0.541. The Morgan fingerprint density at radius 3 is 3.38 bits per heavy atom. The lowest BCUT2D eigenvalue weighted by atomic mass is 10.3. The second-order valence-corrected chi connectivity index (χ2v) is 2.90. The summed E-state index contributed by atoms with van der Waals surface area (Å²) >= 11 is 0. The topological polar surface area (TPSA) is 56.1 Å². The van der Waals surface area contributed by atoms with Gasteiger partial charge in [-0.3, -0.25) is 0 Å². The van der Waals surface area contributed by atoms with Crippen LogP contribution < -0.4 is 5.43 Å². The summed E-state index contributed by atoms with van der Waals surface area (Å²) in [6.45, 7) is 0.868. The lowest BCUT2D eigenvalue weighted by molar-refractivity contribution is 0.0589. The molecule has 0 fully saturated rings. The number of esters is 1. The van der Waals surface area contributed by atoms with E-state index < -0.39 is 0 Å². The Morgan fingerprint density at radius 1 is 1.77 bits per heavy atom. The number of aromatic nitrogens is 2. The van der Waals surface area contributed by atoms with Crippen molar-refractivity contribution in [2.24, 2.45) is 0 Å². The first-order chi connectivity index (χ1) is 6.33. The number of nitrogens with one attached hydrogen (secondary N) is 1. The minimum Gasteiger partial charge on any atom is -0.464 e. The Labute approximate surface area is 75.7 Å². The number of rotatable bonds is 1. The van der Waals surface area contributed by atoms with E-state index in [1.165, 1.54) is 7.11 Å². The molecular formula is C8H11N3O2. The Morgan fingerprint density at radius 2 is 2.62 bits per heavy atom. The van der Waals surface area contributed by atoms with Crippen LogP contribution in [0.4, 0.5) is 0 Å². The molecule has 5 heteroatoms. The van der Waals surface area contributed by atoms with Gasteiger partial charge in [0, 0.05) is 13.0 Å². The number of carbonyl (C=O) groups is 1. The van der Waals surface area contributed by atoms with E-state index in [1.54, 1.807) is 10.9 Å². The minimum atomic E-state index is -0.354. The van der Waals surface area contributed by atoms with Crippen LogP contribution in [0.3, 0.4) is 0 Å². The predicted molar refractivity (Wildman–Crippen MR) is 46.1 cm³/mol. The van der Waals surface area contributed by atoms with Gasteiger partial charge in [0.1, 0.15) is 5.82 Å². The molecule has 0 bridgehead atoms. The third-order valence-electron chi connectivity index (χ3n) is 2.08. The largest absolute Gasteiger partial charge is 0.464 e. The number of aryl methyl sites for hydroxylation is 1. The van der Waals surface area contributed by atoms with Crippen LogP contribution in [0.15, 0.2) is 6.20 Å². The first-order valence-electron chi connectivity index (χ1n) is 4.21. The summed E-state index contributed by atoms with van der Waals surface area (Å²) in [5, 5.41) is 0. The predicted octanol–water partition coefficient (Wildman–Crippen LogP) is 0.159. The molecule has 5 nitrogen and oxygen atoms in total. The molecule has 0 radical (unpaired) electrons. The number of nitrogens with zero attached hydrogens (tertiary/aromatic N) is 2. The molecule has 0 atom stereocenters. The van der Waals surface area contributed by atoms with Gasteiger partial charge in [0.15, 0.2) is 5.69 Å². The van der Waals surface area contributed by atoms with Crippen LogP contribution in [0.1, 0.15) is 22.7 Å². The molecule has 0 aliphatic carbocycles. The zero-order valence-corrected chi connectivity index (χ0v) is 7.41. The van der Waals surface area contributed by atoms with Crippen LogP contribution in [0, 0.1) is 0 Å². The monoisotopic (exact) mass is 181 g/mol. The van der Waals surface area contributed by atoms with Gasteiger partial charge in [0.25, 0.3) is 0 Å². The lowest BCUT2D eigenvalue weighted by Crippen LogP contribution is -2.27. The van der Waals surface area contributed by atoms with Crippen molar-refractivity contribution in [3.8, 4) is 0 Å². The van der Waals surface area contributed by atoms with Gasteiger partial charge in [-0.05, 0) is 6.42 Å². The lowest BCUT2D eigenvalue weighted by Gasteiger charge is -2.17. The van der Waals surface area contributed by atoms with Crippen molar-refractivity contribution in [3.63, 3.8) is 0 Å². The van der Waals surface area contributed by atoms with Crippen molar-refractivity contribution in [2.45, 2.75) is 12.8 Å². The standard InChI is InChI=1S/C8H11N3O2/c1-13-8(12)6-5-9-7-3-2-4-10-11(6)7/h5,10H,2-4H2,1H3. The average molecular weight is 181 g/mol. The molecule has 1 aliphatic rings. The number of carbonyl (C=O) groups excluding carboxylic acids is 1. The molecule has 1 aliphatic heterocycles. The Balaban J connectivity index is 2.36. The summed E-state index contributed by atoms with van der Waals surface area (Å²) in [6.07, 6.45) is 3.50. The van der Waals surface area contributed by atoms with Gasteiger partial charge in [0.2, 0.25) is 0 Å². The highest BCUT2D eigenvalue weighted by atomic mass is 16.5. The molecule has 0 aromatic carbocycles. The summed E-state index contributed by atoms with van der Waals surface area (Å²) in [7, 11) is 1.37. The van der Waals surface area contributed by atoms with E-state index in [2.05, 4.69) is 15.1 Å². The average Bonchev–Trinajstić information content (AvgIpc) is 2.60. The van der Waals surface area contributed by atoms with Crippen molar-refractivity contribution in [1.82, 2.24) is 9.66 Å². The van der Waals surface area contributed by atoms with Gasteiger partial charge in [-0.1, -0.05) is 0 Å². The van der Waals surface area contributed by atoms with Crippen molar-refractivity contribution in [2.75, 3.05) is 19.1 Å². The maximum Gasteiger partial charge on any atom is 0.358 e. The van der Waals surface area contributed by atoms with E-state index in [0.717, 1.165) is 25.2 Å². The Bertz CT molecular complexity index is 332. The minimum absolute atomic E-state index is 0.354. The van der Waals surface area contributed by atoms with E-state index in [4.69, 9.17) is 0 Å². The second kappa shape index (κ2) is 3.08. The number of hydrogen-bond donors (Lipinski definition) is 1. The summed E-state index contributed by atoms with van der Waals surface area (Å²) in [5.41, 5.74) is 3.55. The molecule has 2 heterocycles. The van der Waals surface area contributed by atoms with Crippen LogP contribution in [0.5, 0.6) is 0 Å². The van der Waals surface area contributed by atoms with Crippen LogP contribution in [-0.2, 0) is 11.2 Å². The molecule has 0 spiro atoms. The fraction of sp³-hybridized carbons (Fsp3) is 0.500. The first-order valence-corrected chi connectivity index (χ1v) is 4.21. The van der Waals surface area contributed by atoms with E-state index in [1.807, 2.05) is 0 Å². The second-order valence-electron chi connectivity index (χ2n) is 2.90. The molecular weight excluding hydrogens is 170 g/mol. The van der Waals surface area contributed by atoms with E-state index in [9.17, 15) is 4.79 Å². The van der Waals surface area contributed by atoms with Crippen LogP contribution in [0.2, 0.25) is 0 Å². The van der Waals surface area contributed by atoms with Gasteiger partial charge in [-0.25, -0.2) is 14.5 Å². The van der Waals surface area contributed by atoms with Gasteiger partial charge < -0.3 is 10.2 Å². The van der Waals surface area contributed by atoms with E-state index in [0.29, 0.717) is 5.69 Å². The van der Waals surface area contributed by atoms with Gasteiger partial charge in [-0.15, -0.1) is 0 Å². The number of ether oxygens (including phenoxy) is 1. The fourth-order valence-corrected chi connectivity index (χ4v) is 1.43. The summed E-state index contributed by atoms with van der Waals surface area (Å²) in [6, 6.07) is 0. The summed E-state index contributed by atoms with van der Waals surface area (Å²) in [4.78, 5) is 15.3. The van der Waals surface area contributed by atoms with Crippen molar-refractivity contribution < 1.29 is 9.53 Å². The maximum absolute atomic E-state index is 11.2. The van der Waals surface area contributed by atoms with Gasteiger partial charge >= 0.3 is 5.97 Å². The molecule has 2 rings (SSSR count). The SMILES string of the molecule is COC(=O)c1cnc2n1NCCC2. The molecule has 0 saturated carbocycles. The quantitative estimate of drug-likeness (QED) is 0.627. The zero-order valence-electron chi connectivity index (χ0n) is 7.41. The number of fused-ring (bicyclic) bond motifs is 1. The van der Waals surface area contributed by atoms with Crippen LogP contribution in [0.25, 0.3) is 0 Å². The molecule has 1 N–H and O–H groups in total. The number of methoxy groups -OCH3 is 1. The first kappa shape index (κ1) is 8.10. The van der Waals surface area contributed by atoms with Gasteiger partial charge in [-0.2, -0.15) is 0 Å². The smallest absolute Gasteiger partial charge is 0.358 e. The van der Waals surface area contributed by atoms with E-state index >= 15 is 0 Å². The zero-order chi connectivity index (χ0) is 9.26. The molecule has 70 valence electrons. The van der Waals surface area contributed by atoms with Crippen LogP contribution in [-0.4, -0.2) is 29.3 Å². The molecule has 13 heavy (non-hydrogen) atoms. The fourth-order valence-electron chi connectivity index (χ4n) is 1.43. The Hall–Kier alpha value is -1.52. The molecule has 1 aromatic rings. The van der Waals surface area contributed by atoms with E-state index in [-0.39, 0.29) is 5.97 Å². The third-order valence-corrected chi connectivity index (χ3v) is 2.08. The highest BCUT2D eigenvalue weighted by Crippen LogP contribution is 2.10. The molecule has 0 saturated heterocycles. The third kappa shape index (κ3) is 1.26. The van der Waals surface area contributed by atoms with Crippen molar-refractivity contribution in [3.05, 3.63) is 17.7 Å². The maximum atomic E-state index is 11.2. The number of imidazole rings is 1. The van der Waals surface area contributed by atoms with Gasteiger partial charge in [0.05, 0.1) is 13.3 Å². The van der Waals surface area contributed by atoms with Crippen molar-refractivity contribution >= 4 is 5.97 Å². The Kier molecular flexibility index (Phi) is 1.92.